The van der Waals surface area contributed by atoms with E-state index in [1.165, 1.54) is 0 Å². The molecule has 0 aromatic heterocycles. The summed E-state index contributed by atoms with van der Waals surface area (Å²) in [6.07, 6.45) is 0. The first kappa shape index (κ1) is 17.1. The second-order valence-corrected chi connectivity index (χ2v) is 5.56. The maximum Gasteiger partial charge on any atom is 0.277 e. The molecule has 2 aromatic carbocycles. The van der Waals surface area contributed by atoms with Gasteiger partial charge in [0, 0.05) is 10.7 Å². The summed E-state index contributed by atoms with van der Waals surface area (Å²) in [6, 6.07) is 12.0. The maximum absolute atomic E-state index is 11.8. The van der Waals surface area contributed by atoms with Crippen LogP contribution >= 0.6 is 23.2 Å². The van der Waals surface area contributed by atoms with Gasteiger partial charge in [0.05, 0.1) is 10.7 Å². The molecule has 0 radical (unpaired) electrons. The number of hydrogen-bond acceptors (Lipinski definition) is 4. The molecule has 0 aliphatic heterocycles. The molecule has 0 aliphatic carbocycles. The van der Waals surface area contributed by atoms with Crippen LogP contribution in [0.1, 0.15) is 12.5 Å². The van der Waals surface area contributed by atoms with Gasteiger partial charge in [-0.1, -0.05) is 35.3 Å². The van der Waals surface area contributed by atoms with E-state index < -0.39 is 5.91 Å². The van der Waals surface area contributed by atoms with Crippen molar-refractivity contribution in [3.63, 3.8) is 0 Å². The Morgan fingerprint density at radius 1 is 1.26 bits per heavy atom. The second kappa shape index (κ2) is 7.85. The van der Waals surface area contributed by atoms with E-state index in [1.807, 2.05) is 12.1 Å². The number of nitrogens with two attached hydrogens (primary N) is 1. The summed E-state index contributed by atoms with van der Waals surface area (Å²) >= 11 is 11.7. The fraction of sp³-hybridized carbons (Fsp3) is 0.125. The van der Waals surface area contributed by atoms with Crippen molar-refractivity contribution in [1.82, 2.24) is 5.43 Å². The Balaban J connectivity index is 1.90. The Bertz CT molecular complexity index is 748. The number of hydrazone groups is 1. The van der Waals surface area contributed by atoms with Crippen molar-refractivity contribution in [2.75, 3.05) is 12.3 Å². The van der Waals surface area contributed by atoms with Crippen molar-refractivity contribution >= 4 is 40.5 Å². The lowest BCUT2D eigenvalue weighted by molar-refractivity contribution is -0.123. The van der Waals surface area contributed by atoms with Crippen LogP contribution in [0.4, 0.5) is 5.69 Å². The zero-order valence-corrected chi connectivity index (χ0v) is 13.9. The number of nitrogens with one attached hydrogen (secondary N) is 1. The molecule has 0 fully saturated rings. The van der Waals surface area contributed by atoms with Gasteiger partial charge in [0.1, 0.15) is 5.75 Å². The second-order valence-electron chi connectivity index (χ2n) is 4.72. The van der Waals surface area contributed by atoms with Gasteiger partial charge in [-0.25, -0.2) is 5.43 Å². The number of amides is 1. The number of ether oxygens (including phenoxy) is 1. The minimum absolute atomic E-state index is 0.213. The van der Waals surface area contributed by atoms with Crippen molar-refractivity contribution in [2.45, 2.75) is 6.92 Å². The number of halogens is 2. The Morgan fingerprint density at radius 3 is 2.74 bits per heavy atom. The van der Waals surface area contributed by atoms with E-state index in [-0.39, 0.29) is 6.61 Å². The highest BCUT2D eigenvalue weighted by atomic mass is 35.5. The van der Waals surface area contributed by atoms with E-state index in [9.17, 15) is 4.79 Å². The molecule has 5 nitrogen and oxygen atoms in total. The van der Waals surface area contributed by atoms with Crippen LogP contribution in [0.2, 0.25) is 10.0 Å². The fourth-order valence-corrected chi connectivity index (χ4v) is 2.21. The van der Waals surface area contributed by atoms with Gasteiger partial charge in [-0.05, 0) is 42.8 Å². The highest BCUT2D eigenvalue weighted by Gasteiger charge is 2.06. The van der Waals surface area contributed by atoms with E-state index in [1.54, 1.807) is 37.3 Å². The van der Waals surface area contributed by atoms with Crippen LogP contribution in [0.25, 0.3) is 0 Å². The number of benzene rings is 2. The Morgan fingerprint density at radius 2 is 2.04 bits per heavy atom. The SMILES string of the molecule is C/C(=N/NC(=O)COc1ccc(Cl)cc1Cl)c1cccc(N)c1. The number of anilines is 1. The summed E-state index contributed by atoms with van der Waals surface area (Å²) in [5.41, 5.74) is 10.2. The molecule has 7 heteroatoms. The van der Waals surface area contributed by atoms with Gasteiger partial charge in [0.2, 0.25) is 0 Å². The van der Waals surface area contributed by atoms with Gasteiger partial charge < -0.3 is 10.5 Å². The number of hydrogen-bond donors (Lipinski definition) is 2. The summed E-state index contributed by atoms with van der Waals surface area (Å²) in [4.78, 5) is 11.8. The summed E-state index contributed by atoms with van der Waals surface area (Å²) in [6.45, 7) is 1.56. The molecule has 0 aliphatic rings. The predicted octanol–water partition coefficient (Wildman–Crippen LogP) is 3.49. The van der Waals surface area contributed by atoms with Crippen molar-refractivity contribution in [3.05, 3.63) is 58.1 Å². The third-order valence-corrected chi connectivity index (χ3v) is 3.44. The van der Waals surface area contributed by atoms with E-state index in [0.717, 1.165) is 5.56 Å². The van der Waals surface area contributed by atoms with Crippen LogP contribution < -0.4 is 15.9 Å². The Labute approximate surface area is 144 Å². The van der Waals surface area contributed by atoms with Crippen LogP contribution in [-0.2, 0) is 4.79 Å². The largest absolute Gasteiger partial charge is 0.482 e. The average Bonchev–Trinajstić information content (AvgIpc) is 2.51. The number of nitrogen functional groups attached to an aromatic ring is 1. The molecular formula is C16H15Cl2N3O2. The molecule has 0 saturated carbocycles. The molecule has 0 unspecified atom stereocenters. The van der Waals surface area contributed by atoms with Gasteiger partial charge in [-0.15, -0.1) is 0 Å². The summed E-state index contributed by atoms with van der Waals surface area (Å²) in [7, 11) is 0. The van der Waals surface area contributed by atoms with Crippen LogP contribution in [-0.4, -0.2) is 18.2 Å². The van der Waals surface area contributed by atoms with Crippen molar-refractivity contribution in [2.24, 2.45) is 5.10 Å². The number of nitrogens with zero attached hydrogens (tertiary/aromatic N) is 1. The minimum Gasteiger partial charge on any atom is -0.482 e. The monoisotopic (exact) mass is 351 g/mol. The third kappa shape index (κ3) is 5.16. The van der Waals surface area contributed by atoms with Gasteiger partial charge in [-0.3, -0.25) is 4.79 Å². The van der Waals surface area contributed by atoms with Crippen molar-refractivity contribution in [1.29, 1.82) is 0 Å². The quantitative estimate of drug-likeness (QED) is 0.491. The number of rotatable bonds is 5. The van der Waals surface area contributed by atoms with Gasteiger partial charge in [-0.2, -0.15) is 5.10 Å². The normalized spacial score (nSPS) is 11.2. The van der Waals surface area contributed by atoms with Crippen LogP contribution in [0.15, 0.2) is 47.6 Å². The molecule has 0 atom stereocenters. The predicted molar refractivity (Wildman–Crippen MR) is 93.2 cm³/mol. The summed E-state index contributed by atoms with van der Waals surface area (Å²) < 4.78 is 5.32. The fourth-order valence-electron chi connectivity index (χ4n) is 1.74. The highest BCUT2D eigenvalue weighted by Crippen LogP contribution is 2.27. The Hall–Kier alpha value is -2.24. The first-order chi connectivity index (χ1) is 11.0. The third-order valence-electron chi connectivity index (χ3n) is 2.91. The van der Waals surface area contributed by atoms with E-state index in [4.69, 9.17) is 33.7 Å². The summed E-state index contributed by atoms with van der Waals surface area (Å²) in [5, 5.41) is 4.84. The molecule has 0 heterocycles. The smallest absolute Gasteiger partial charge is 0.277 e. The lowest BCUT2D eigenvalue weighted by Crippen LogP contribution is -2.25. The number of carbonyl (C=O) groups excluding carboxylic acids is 1. The molecular weight excluding hydrogens is 337 g/mol. The summed E-state index contributed by atoms with van der Waals surface area (Å²) in [5.74, 6) is -0.0259. The molecule has 2 rings (SSSR count). The van der Waals surface area contributed by atoms with Crippen molar-refractivity contribution in [3.8, 4) is 5.75 Å². The average molecular weight is 352 g/mol. The van der Waals surface area contributed by atoms with E-state index >= 15 is 0 Å². The van der Waals surface area contributed by atoms with Crippen molar-refractivity contribution < 1.29 is 9.53 Å². The Kier molecular flexibility index (Phi) is 5.84. The molecule has 0 bridgehead atoms. The molecule has 3 N–H and O–H groups in total. The molecule has 1 amide bonds. The standard InChI is InChI=1S/C16H15Cl2N3O2/c1-10(11-3-2-4-13(19)7-11)20-21-16(22)9-23-15-6-5-12(17)8-14(15)18/h2-8H,9,19H2,1H3,(H,21,22)/b20-10-. The minimum atomic E-state index is -0.403. The topological polar surface area (TPSA) is 76.7 Å². The van der Waals surface area contributed by atoms with Crippen LogP contribution in [0.3, 0.4) is 0 Å². The maximum atomic E-state index is 11.8. The van der Waals surface area contributed by atoms with E-state index in [2.05, 4.69) is 10.5 Å². The zero-order valence-electron chi connectivity index (χ0n) is 12.3. The van der Waals surface area contributed by atoms with Crippen LogP contribution in [0, 0.1) is 0 Å². The van der Waals surface area contributed by atoms with Crippen LogP contribution in [0.5, 0.6) is 5.75 Å². The lowest BCUT2D eigenvalue weighted by atomic mass is 10.1. The molecule has 2 aromatic rings. The van der Waals surface area contributed by atoms with Gasteiger partial charge in [0.25, 0.3) is 5.91 Å². The van der Waals surface area contributed by atoms with Gasteiger partial charge >= 0.3 is 0 Å². The molecule has 120 valence electrons. The first-order valence-electron chi connectivity index (χ1n) is 6.72. The molecule has 0 saturated heterocycles. The zero-order chi connectivity index (χ0) is 16.8. The number of carbonyl (C=O) groups is 1. The van der Waals surface area contributed by atoms with E-state index in [0.29, 0.717) is 27.2 Å². The first-order valence-corrected chi connectivity index (χ1v) is 7.48. The lowest BCUT2D eigenvalue weighted by Gasteiger charge is -2.07. The molecule has 0 spiro atoms. The molecule has 23 heavy (non-hydrogen) atoms. The van der Waals surface area contributed by atoms with Gasteiger partial charge in [0.15, 0.2) is 6.61 Å². The highest BCUT2D eigenvalue weighted by molar-refractivity contribution is 6.35.